The highest BCUT2D eigenvalue weighted by Gasteiger charge is 2.13. The van der Waals surface area contributed by atoms with E-state index in [1.54, 1.807) is 4.57 Å². The summed E-state index contributed by atoms with van der Waals surface area (Å²) in [6.07, 6.45) is 0. The number of H-pyrrole nitrogens is 1. The summed E-state index contributed by atoms with van der Waals surface area (Å²) in [4.78, 5) is 12.6. The number of anilines is 1. The fourth-order valence-corrected chi connectivity index (χ4v) is 2.90. The molecule has 7 heteroatoms. The van der Waals surface area contributed by atoms with Crippen LogP contribution in [0.3, 0.4) is 0 Å². The van der Waals surface area contributed by atoms with Gasteiger partial charge in [0.2, 0.25) is 5.91 Å². The molecule has 0 fully saturated rings. The Kier molecular flexibility index (Phi) is 6.16. The molecule has 140 valence electrons. The molecule has 2 N–H and O–H groups in total. The first-order valence-corrected chi connectivity index (χ1v) is 9.17. The number of benzene rings is 2. The number of nitrogens with zero attached hydrogens (tertiary/aromatic N) is 2. The first-order valence-electron chi connectivity index (χ1n) is 8.76. The van der Waals surface area contributed by atoms with Gasteiger partial charge in [-0.2, -0.15) is 5.10 Å². The van der Waals surface area contributed by atoms with Gasteiger partial charge in [0.15, 0.2) is 10.6 Å². The lowest BCUT2D eigenvalue weighted by Gasteiger charge is -2.12. The molecule has 0 saturated carbocycles. The Labute approximate surface area is 163 Å². The molecule has 1 aromatic heterocycles. The lowest BCUT2D eigenvalue weighted by atomic mass is 10.1. The number of hydrogen-bond donors (Lipinski definition) is 2. The molecule has 3 rings (SSSR count). The summed E-state index contributed by atoms with van der Waals surface area (Å²) in [5, 5.41) is 10.00. The maximum atomic E-state index is 12.6. The first-order chi connectivity index (χ1) is 13.1. The van der Waals surface area contributed by atoms with Crippen LogP contribution in [0.1, 0.15) is 18.1 Å². The van der Waals surface area contributed by atoms with Crippen LogP contribution in [0.4, 0.5) is 5.69 Å². The van der Waals surface area contributed by atoms with Crippen molar-refractivity contribution in [3.63, 3.8) is 0 Å². The Morgan fingerprint density at radius 3 is 2.70 bits per heavy atom. The Balaban J connectivity index is 1.79. The number of aromatic amines is 1. The maximum Gasteiger partial charge on any atom is 0.244 e. The number of carbonyl (C=O) groups excluding carboxylic acids is 1. The molecule has 6 nitrogen and oxygen atoms in total. The Bertz CT molecular complexity index is 976. The van der Waals surface area contributed by atoms with Crippen LogP contribution in [0.2, 0.25) is 0 Å². The van der Waals surface area contributed by atoms with E-state index in [0.717, 1.165) is 22.4 Å². The summed E-state index contributed by atoms with van der Waals surface area (Å²) in [6.45, 7) is 5.10. The van der Waals surface area contributed by atoms with Crippen molar-refractivity contribution < 1.29 is 9.53 Å². The fourth-order valence-electron chi connectivity index (χ4n) is 2.70. The molecule has 0 aliphatic heterocycles. The quantitative estimate of drug-likeness (QED) is 0.604. The number of nitrogens with one attached hydrogen (secondary N) is 2. The molecular weight excluding hydrogens is 360 g/mol. The molecule has 0 aliphatic rings. The molecule has 0 unspecified atom stereocenters. The van der Waals surface area contributed by atoms with Gasteiger partial charge in [-0.05, 0) is 32.1 Å². The van der Waals surface area contributed by atoms with E-state index in [1.165, 1.54) is 0 Å². The van der Waals surface area contributed by atoms with Gasteiger partial charge in [0, 0.05) is 23.4 Å². The van der Waals surface area contributed by atoms with E-state index >= 15 is 0 Å². The first kappa shape index (κ1) is 19.0. The largest absolute Gasteiger partial charge is 0.377 e. The molecule has 3 aromatic rings. The van der Waals surface area contributed by atoms with Gasteiger partial charge >= 0.3 is 0 Å². The summed E-state index contributed by atoms with van der Waals surface area (Å²) in [5.41, 5.74) is 3.73. The standard InChI is InChI=1S/C20H22N4O2S/c1-3-26-13-16-6-4-5-7-17(16)21-18(25)12-24-19(22-23-20(24)27)15-10-8-14(2)9-11-15/h4-11H,3,12-13H2,1-2H3,(H,21,25)(H,23,27). The van der Waals surface area contributed by atoms with Crippen molar-refractivity contribution in [2.45, 2.75) is 27.0 Å². The number of ether oxygens (including phenoxy) is 1. The summed E-state index contributed by atoms with van der Waals surface area (Å²) in [5.74, 6) is 0.461. The minimum atomic E-state index is -0.176. The van der Waals surface area contributed by atoms with E-state index in [1.807, 2.05) is 62.4 Å². The lowest BCUT2D eigenvalue weighted by Crippen LogP contribution is -2.20. The molecule has 27 heavy (non-hydrogen) atoms. The van der Waals surface area contributed by atoms with Crippen molar-refractivity contribution in [1.82, 2.24) is 14.8 Å². The zero-order chi connectivity index (χ0) is 19.2. The highest BCUT2D eigenvalue weighted by atomic mass is 32.1. The number of hydrogen-bond acceptors (Lipinski definition) is 4. The number of aryl methyl sites for hydroxylation is 1. The van der Waals surface area contributed by atoms with Gasteiger partial charge in [0.25, 0.3) is 0 Å². The summed E-state index contributed by atoms with van der Waals surface area (Å²) < 4.78 is 7.57. The van der Waals surface area contributed by atoms with Crippen LogP contribution >= 0.6 is 12.2 Å². The van der Waals surface area contributed by atoms with Gasteiger partial charge in [-0.15, -0.1) is 0 Å². The van der Waals surface area contributed by atoms with E-state index in [2.05, 4.69) is 15.5 Å². The molecule has 1 heterocycles. The number of aromatic nitrogens is 3. The topological polar surface area (TPSA) is 71.9 Å². The number of carbonyl (C=O) groups is 1. The average Bonchev–Trinajstić information content (AvgIpc) is 3.02. The molecule has 0 aliphatic carbocycles. The SMILES string of the molecule is CCOCc1ccccc1NC(=O)Cn1c(-c2ccc(C)cc2)n[nH]c1=S. The Morgan fingerprint density at radius 1 is 1.22 bits per heavy atom. The van der Waals surface area contributed by atoms with Crippen molar-refractivity contribution in [3.05, 3.63) is 64.4 Å². The van der Waals surface area contributed by atoms with Crippen molar-refractivity contribution >= 4 is 23.8 Å². The average molecular weight is 382 g/mol. The second-order valence-corrected chi connectivity index (χ2v) is 6.53. The Hall–Kier alpha value is -2.77. The number of para-hydroxylation sites is 1. The van der Waals surface area contributed by atoms with Gasteiger partial charge in [0.05, 0.1) is 6.61 Å². The molecule has 0 radical (unpaired) electrons. The summed E-state index contributed by atoms with van der Waals surface area (Å²) >= 11 is 5.31. The molecule has 2 aromatic carbocycles. The fraction of sp³-hybridized carbons (Fsp3) is 0.250. The Morgan fingerprint density at radius 2 is 1.96 bits per heavy atom. The molecule has 0 spiro atoms. The minimum Gasteiger partial charge on any atom is -0.377 e. The van der Waals surface area contributed by atoms with E-state index in [4.69, 9.17) is 17.0 Å². The maximum absolute atomic E-state index is 12.6. The lowest BCUT2D eigenvalue weighted by molar-refractivity contribution is -0.116. The molecule has 1 amide bonds. The number of rotatable bonds is 7. The van der Waals surface area contributed by atoms with Crippen molar-refractivity contribution in [2.75, 3.05) is 11.9 Å². The second-order valence-electron chi connectivity index (χ2n) is 6.15. The smallest absolute Gasteiger partial charge is 0.244 e. The molecule has 0 saturated heterocycles. The van der Waals surface area contributed by atoms with E-state index in [0.29, 0.717) is 23.8 Å². The van der Waals surface area contributed by atoms with Gasteiger partial charge < -0.3 is 10.1 Å². The predicted octanol–water partition coefficient (Wildman–Crippen LogP) is 4.09. The molecular formula is C20H22N4O2S. The third-order valence-electron chi connectivity index (χ3n) is 4.12. The van der Waals surface area contributed by atoms with Crippen molar-refractivity contribution in [3.8, 4) is 11.4 Å². The third-order valence-corrected chi connectivity index (χ3v) is 4.43. The normalized spacial score (nSPS) is 10.7. The van der Waals surface area contributed by atoms with Crippen molar-refractivity contribution in [1.29, 1.82) is 0 Å². The van der Waals surface area contributed by atoms with E-state index in [9.17, 15) is 4.79 Å². The highest BCUT2D eigenvalue weighted by molar-refractivity contribution is 7.71. The van der Waals surface area contributed by atoms with Crippen LogP contribution in [0.5, 0.6) is 0 Å². The highest BCUT2D eigenvalue weighted by Crippen LogP contribution is 2.19. The molecule has 0 atom stereocenters. The number of amides is 1. The van der Waals surface area contributed by atoms with Gasteiger partial charge in [0.1, 0.15) is 6.54 Å². The zero-order valence-electron chi connectivity index (χ0n) is 15.4. The van der Waals surface area contributed by atoms with Crippen LogP contribution in [0.15, 0.2) is 48.5 Å². The molecule has 0 bridgehead atoms. The zero-order valence-corrected chi connectivity index (χ0v) is 16.2. The second kappa shape index (κ2) is 8.75. The van der Waals surface area contributed by atoms with Gasteiger partial charge in [-0.3, -0.25) is 14.5 Å². The van der Waals surface area contributed by atoms with Crippen molar-refractivity contribution in [2.24, 2.45) is 0 Å². The van der Waals surface area contributed by atoms with Crippen LogP contribution in [-0.4, -0.2) is 27.3 Å². The van der Waals surface area contributed by atoms with E-state index in [-0.39, 0.29) is 12.5 Å². The van der Waals surface area contributed by atoms with Crippen LogP contribution in [0, 0.1) is 11.7 Å². The minimum absolute atomic E-state index is 0.0709. The van der Waals surface area contributed by atoms with Gasteiger partial charge in [-0.1, -0.05) is 48.0 Å². The third kappa shape index (κ3) is 4.69. The van der Waals surface area contributed by atoms with Crippen LogP contribution < -0.4 is 5.32 Å². The van der Waals surface area contributed by atoms with E-state index < -0.39 is 0 Å². The summed E-state index contributed by atoms with van der Waals surface area (Å²) in [7, 11) is 0. The predicted molar refractivity (Wildman–Crippen MR) is 108 cm³/mol. The van der Waals surface area contributed by atoms with Crippen LogP contribution in [0.25, 0.3) is 11.4 Å². The van der Waals surface area contributed by atoms with Gasteiger partial charge in [-0.25, -0.2) is 0 Å². The van der Waals surface area contributed by atoms with Crippen LogP contribution in [-0.2, 0) is 22.7 Å². The summed E-state index contributed by atoms with van der Waals surface area (Å²) in [6, 6.07) is 15.5. The monoisotopic (exact) mass is 382 g/mol.